The molecule has 1 aromatic rings. The lowest BCUT2D eigenvalue weighted by molar-refractivity contribution is -0.117. The maximum Gasteiger partial charge on any atom is 0.227 e. The Labute approximate surface area is 107 Å². The summed E-state index contributed by atoms with van der Waals surface area (Å²) in [5.74, 6) is 0.909. The fourth-order valence-corrected chi connectivity index (χ4v) is 1.51. The van der Waals surface area contributed by atoms with Crippen molar-refractivity contribution in [3.8, 4) is 5.75 Å². The zero-order valence-electron chi connectivity index (χ0n) is 10.8. The van der Waals surface area contributed by atoms with Gasteiger partial charge in [-0.1, -0.05) is 6.07 Å². The number of carbonyl (C=O) groups is 1. The normalized spacial score (nSPS) is 15.3. The maximum absolute atomic E-state index is 11.6. The van der Waals surface area contributed by atoms with Crippen LogP contribution in [0.15, 0.2) is 24.3 Å². The third-order valence-corrected chi connectivity index (χ3v) is 2.64. The zero-order chi connectivity index (χ0) is 13.2. The van der Waals surface area contributed by atoms with Crippen molar-refractivity contribution in [3.05, 3.63) is 24.3 Å². The highest BCUT2D eigenvalue weighted by atomic mass is 16.5. The predicted molar refractivity (Wildman–Crippen MR) is 69.6 cm³/mol. The van der Waals surface area contributed by atoms with E-state index in [4.69, 9.17) is 4.74 Å². The number of hydrogen-bond acceptors (Lipinski definition) is 3. The molecule has 18 heavy (non-hydrogen) atoms. The van der Waals surface area contributed by atoms with Gasteiger partial charge in [-0.3, -0.25) is 4.79 Å². The number of amides is 1. The van der Waals surface area contributed by atoms with Crippen LogP contribution >= 0.6 is 0 Å². The van der Waals surface area contributed by atoms with Gasteiger partial charge in [0.25, 0.3) is 0 Å². The van der Waals surface area contributed by atoms with E-state index in [9.17, 15) is 9.90 Å². The monoisotopic (exact) mass is 249 g/mol. The van der Waals surface area contributed by atoms with Gasteiger partial charge in [0.15, 0.2) is 0 Å². The van der Waals surface area contributed by atoms with Gasteiger partial charge in [0.2, 0.25) is 5.91 Å². The first-order chi connectivity index (χ1) is 8.44. The van der Waals surface area contributed by atoms with Crippen molar-refractivity contribution in [2.75, 3.05) is 11.9 Å². The van der Waals surface area contributed by atoms with Crippen LogP contribution in [0.2, 0.25) is 0 Å². The number of anilines is 1. The van der Waals surface area contributed by atoms with Crippen molar-refractivity contribution in [2.24, 2.45) is 5.92 Å². The average Bonchev–Trinajstić information content (AvgIpc) is 3.09. The number of rotatable bonds is 5. The largest absolute Gasteiger partial charge is 0.491 e. The number of ether oxygens (including phenoxy) is 1. The molecule has 0 aromatic heterocycles. The van der Waals surface area contributed by atoms with Crippen LogP contribution in [-0.2, 0) is 4.79 Å². The second-order valence-electron chi connectivity index (χ2n) is 5.39. The lowest BCUT2D eigenvalue weighted by atomic mass is 10.2. The van der Waals surface area contributed by atoms with Crippen molar-refractivity contribution in [1.82, 2.24) is 0 Å². The van der Waals surface area contributed by atoms with Gasteiger partial charge in [-0.25, -0.2) is 0 Å². The minimum atomic E-state index is -0.868. The van der Waals surface area contributed by atoms with Gasteiger partial charge >= 0.3 is 0 Å². The lowest BCUT2D eigenvalue weighted by Crippen LogP contribution is -2.27. The molecule has 0 atom stereocenters. The fourth-order valence-electron chi connectivity index (χ4n) is 1.51. The van der Waals surface area contributed by atoms with Gasteiger partial charge < -0.3 is 15.2 Å². The summed E-state index contributed by atoms with van der Waals surface area (Å²) < 4.78 is 5.47. The maximum atomic E-state index is 11.6. The van der Waals surface area contributed by atoms with E-state index < -0.39 is 5.60 Å². The Hall–Kier alpha value is -1.55. The molecule has 4 nitrogen and oxygen atoms in total. The summed E-state index contributed by atoms with van der Waals surface area (Å²) >= 11 is 0. The van der Waals surface area contributed by atoms with Crippen molar-refractivity contribution >= 4 is 11.6 Å². The molecule has 1 aliphatic carbocycles. The van der Waals surface area contributed by atoms with Crippen molar-refractivity contribution < 1.29 is 14.6 Å². The molecule has 0 saturated heterocycles. The topological polar surface area (TPSA) is 58.6 Å². The number of hydrogen-bond donors (Lipinski definition) is 2. The third kappa shape index (κ3) is 4.04. The van der Waals surface area contributed by atoms with Gasteiger partial charge in [0.05, 0.1) is 5.60 Å². The molecule has 4 heteroatoms. The highest BCUT2D eigenvalue weighted by Gasteiger charge is 2.29. The molecule has 98 valence electrons. The van der Waals surface area contributed by atoms with E-state index in [0.29, 0.717) is 5.75 Å². The van der Waals surface area contributed by atoms with Crippen LogP contribution < -0.4 is 10.1 Å². The minimum Gasteiger partial charge on any atom is -0.491 e. The Morgan fingerprint density at radius 2 is 2.22 bits per heavy atom. The van der Waals surface area contributed by atoms with Crippen LogP contribution in [0, 0.1) is 5.92 Å². The number of aliphatic hydroxyl groups is 1. The van der Waals surface area contributed by atoms with E-state index in [2.05, 4.69) is 5.32 Å². The molecule has 1 saturated carbocycles. The minimum absolute atomic E-state index is 0.0784. The van der Waals surface area contributed by atoms with E-state index in [1.54, 1.807) is 26.0 Å². The SMILES string of the molecule is CC(C)(O)COc1cccc(NC(=O)C2CC2)c1. The first-order valence-corrected chi connectivity index (χ1v) is 6.20. The van der Waals surface area contributed by atoms with Crippen LogP contribution in [-0.4, -0.2) is 23.2 Å². The molecular formula is C14H19NO3. The third-order valence-electron chi connectivity index (χ3n) is 2.64. The molecule has 2 N–H and O–H groups in total. The van der Waals surface area contributed by atoms with Gasteiger partial charge in [-0.05, 0) is 38.8 Å². The van der Waals surface area contributed by atoms with Crippen LogP contribution in [0.25, 0.3) is 0 Å². The molecule has 1 fully saturated rings. The van der Waals surface area contributed by atoms with Crippen LogP contribution in [0.4, 0.5) is 5.69 Å². The van der Waals surface area contributed by atoms with Crippen LogP contribution in [0.3, 0.4) is 0 Å². The number of benzene rings is 1. The van der Waals surface area contributed by atoms with E-state index in [1.807, 2.05) is 12.1 Å². The summed E-state index contributed by atoms with van der Waals surface area (Å²) in [4.78, 5) is 11.6. The Morgan fingerprint density at radius 3 is 2.83 bits per heavy atom. The van der Waals surface area contributed by atoms with Crippen molar-refractivity contribution in [1.29, 1.82) is 0 Å². The summed E-state index contributed by atoms with van der Waals surface area (Å²) in [6.45, 7) is 3.59. The molecule has 1 amide bonds. The van der Waals surface area contributed by atoms with E-state index in [-0.39, 0.29) is 18.4 Å². The van der Waals surface area contributed by atoms with Crippen molar-refractivity contribution in [2.45, 2.75) is 32.3 Å². The molecular weight excluding hydrogens is 230 g/mol. The molecule has 2 rings (SSSR count). The molecule has 1 aliphatic rings. The summed E-state index contributed by atoms with van der Waals surface area (Å²) in [5.41, 5.74) is -0.132. The smallest absolute Gasteiger partial charge is 0.227 e. The summed E-state index contributed by atoms with van der Waals surface area (Å²) in [6.07, 6.45) is 1.97. The first kappa shape index (κ1) is 12.9. The van der Waals surface area contributed by atoms with E-state index >= 15 is 0 Å². The van der Waals surface area contributed by atoms with E-state index in [0.717, 1.165) is 18.5 Å². The summed E-state index contributed by atoms with van der Waals surface area (Å²) in [6, 6.07) is 7.23. The first-order valence-electron chi connectivity index (χ1n) is 6.20. The zero-order valence-corrected chi connectivity index (χ0v) is 10.8. The quantitative estimate of drug-likeness (QED) is 0.841. The summed E-state index contributed by atoms with van der Waals surface area (Å²) in [5, 5.41) is 12.4. The second-order valence-corrected chi connectivity index (χ2v) is 5.39. The Kier molecular flexibility index (Phi) is 3.57. The highest BCUT2D eigenvalue weighted by Crippen LogP contribution is 2.30. The van der Waals surface area contributed by atoms with Gasteiger partial charge in [-0.15, -0.1) is 0 Å². The second kappa shape index (κ2) is 4.98. The summed E-state index contributed by atoms with van der Waals surface area (Å²) in [7, 11) is 0. The average molecular weight is 249 g/mol. The molecule has 0 heterocycles. The van der Waals surface area contributed by atoms with E-state index in [1.165, 1.54) is 0 Å². The van der Waals surface area contributed by atoms with Crippen LogP contribution in [0.5, 0.6) is 5.75 Å². The molecule has 0 radical (unpaired) electrons. The Morgan fingerprint density at radius 1 is 1.50 bits per heavy atom. The molecule has 0 spiro atoms. The number of nitrogens with one attached hydrogen (secondary N) is 1. The Bertz CT molecular complexity index is 433. The van der Waals surface area contributed by atoms with Crippen molar-refractivity contribution in [3.63, 3.8) is 0 Å². The molecule has 0 unspecified atom stereocenters. The highest BCUT2D eigenvalue weighted by molar-refractivity contribution is 5.94. The van der Waals surface area contributed by atoms with Crippen LogP contribution in [0.1, 0.15) is 26.7 Å². The lowest BCUT2D eigenvalue weighted by Gasteiger charge is -2.18. The molecule has 1 aromatic carbocycles. The van der Waals surface area contributed by atoms with Gasteiger partial charge in [-0.2, -0.15) is 0 Å². The standard InChI is InChI=1S/C14H19NO3/c1-14(2,17)9-18-12-5-3-4-11(8-12)15-13(16)10-6-7-10/h3-5,8,10,17H,6-7,9H2,1-2H3,(H,15,16). The molecule has 0 bridgehead atoms. The number of carbonyl (C=O) groups excluding carboxylic acids is 1. The van der Waals surface area contributed by atoms with Gasteiger partial charge in [0.1, 0.15) is 12.4 Å². The fraction of sp³-hybridized carbons (Fsp3) is 0.500. The Balaban J connectivity index is 1.94. The van der Waals surface area contributed by atoms with Gasteiger partial charge in [0, 0.05) is 17.7 Å². The predicted octanol–water partition coefficient (Wildman–Crippen LogP) is 2.18. The molecule has 0 aliphatic heterocycles.